The highest BCUT2D eigenvalue weighted by Gasteiger charge is 2.05. The molecular formula is C17H17Cl2N. The maximum absolute atomic E-state index is 6.18. The first-order valence-electron chi connectivity index (χ1n) is 6.69. The zero-order valence-corrected chi connectivity index (χ0v) is 12.8. The van der Waals surface area contributed by atoms with Crippen molar-refractivity contribution in [3.63, 3.8) is 0 Å². The van der Waals surface area contributed by atoms with Gasteiger partial charge in [-0.05, 0) is 60.6 Å². The number of rotatable bonds is 6. The molecule has 1 nitrogen and oxygen atoms in total. The number of allylic oxidation sites excluding steroid dienone is 1. The summed E-state index contributed by atoms with van der Waals surface area (Å²) in [6.07, 6.45) is 7.93. The Bertz CT molecular complexity index is 579. The molecule has 0 bridgehead atoms. The fraction of sp³-hybridized carbons (Fsp3) is 0.235. The van der Waals surface area contributed by atoms with Crippen molar-refractivity contribution in [1.29, 1.82) is 0 Å². The lowest BCUT2D eigenvalue weighted by molar-refractivity contribution is 0.753. The van der Waals surface area contributed by atoms with Gasteiger partial charge in [-0.2, -0.15) is 0 Å². The summed E-state index contributed by atoms with van der Waals surface area (Å²) in [6.45, 7) is 4.12. The molecule has 104 valence electrons. The quantitative estimate of drug-likeness (QED) is 0.613. The molecule has 20 heavy (non-hydrogen) atoms. The van der Waals surface area contributed by atoms with Gasteiger partial charge in [-0.15, -0.1) is 0 Å². The first kappa shape index (κ1) is 15.1. The van der Waals surface area contributed by atoms with Crippen LogP contribution >= 0.6 is 23.2 Å². The Morgan fingerprint density at radius 2 is 2.00 bits per heavy atom. The minimum Gasteiger partial charge on any atom is -0.264 e. The van der Waals surface area contributed by atoms with Crippen LogP contribution in [0.2, 0.25) is 10.0 Å². The Morgan fingerprint density at radius 1 is 1.15 bits per heavy atom. The van der Waals surface area contributed by atoms with Gasteiger partial charge in [-0.1, -0.05) is 41.9 Å². The second-order valence-electron chi connectivity index (χ2n) is 4.80. The Kier molecular flexibility index (Phi) is 5.63. The molecule has 1 aromatic heterocycles. The predicted octanol–water partition coefficient (Wildman–Crippen LogP) is 5.81. The predicted molar refractivity (Wildman–Crippen MR) is 87.3 cm³/mol. The highest BCUT2D eigenvalue weighted by molar-refractivity contribution is 6.35. The van der Waals surface area contributed by atoms with E-state index in [9.17, 15) is 0 Å². The number of aromatic nitrogens is 1. The van der Waals surface area contributed by atoms with Gasteiger partial charge in [0.2, 0.25) is 0 Å². The van der Waals surface area contributed by atoms with Crippen molar-refractivity contribution < 1.29 is 0 Å². The Hall–Kier alpha value is -1.31. The summed E-state index contributed by atoms with van der Waals surface area (Å²) in [5.41, 5.74) is 3.35. The zero-order valence-electron chi connectivity index (χ0n) is 11.3. The first-order valence-corrected chi connectivity index (χ1v) is 7.44. The van der Waals surface area contributed by atoms with Gasteiger partial charge >= 0.3 is 0 Å². The van der Waals surface area contributed by atoms with E-state index in [1.165, 1.54) is 5.56 Å². The monoisotopic (exact) mass is 305 g/mol. The van der Waals surface area contributed by atoms with E-state index in [1.54, 1.807) is 12.3 Å². The van der Waals surface area contributed by atoms with E-state index in [0.717, 1.165) is 36.8 Å². The molecule has 0 aliphatic rings. The van der Waals surface area contributed by atoms with E-state index in [0.29, 0.717) is 10.0 Å². The molecule has 0 N–H and O–H groups in total. The molecule has 2 aromatic rings. The van der Waals surface area contributed by atoms with Crippen LogP contribution in [0.1, 0.15) is 30.4 Å². The van der Waals surface area contributed by atoms with Crippen LogP contribution in [0.5, 0.6) is 0 Å². The number of aryl methyl sites for hydroxylation is 1. The maximum atomic E-state index is 6.18. The molecule has 0 saturated carbocycles. The molecule has 1 heterocycles. The molecule has 0 saturated heterocycles. The third-order valence-corrected chi connectivity index (χ3v) is 3.78. The molecule has 0 aliphatic carbocycles. The highest BCUT2D eigenvalue weighted by atomic mass is 35.5. The van der Waals surface area contributed by atoms with Gasteiger partial charge in [0.1, 0.15) is 0 Å². The number of nitrogens with zero attached hydrogens (tertiary/aromatic N) is 1. The number of unbranched alkanes of at least 4 members (excludes halogenated alkanes) is 1. The summed E-state index contributed by atoms with van der Waals surface area (Å²) in [6, 6.07) is 9.64. The summed E-state index contributed by atoms with van der Waals surface area (Å²) < 4.78 is 0. The topological polar surface area (TPSA) is 12.9 Å². The second-order valence-corrected chi connectivity index (χ2v) is 5.64. The number of benzene rings is 1. The number of halogens is 2. The molecule has 0 aliphatic heterocycles. The van der Waals surface area contributed by atoms with E-state index in [1.807, 2.05) is 24.4 Å². The molecule has 2 rings (SSSR count). The summed E-state index contributed by atoms with van der Waals surface area (Å²) >= 11 is 12.1. The summed E-state index contributed by atoms with van der Waals surface area (Å²) in [7, 11) is 0. The molecule has 0 spiro atoms. The van der Waals surface area contributed by atoms with Crippen molar-refractivity contribution in [2.45, 2.75) is 25.7 Å². The fourth-order valence-electron chi connectivity index (χ4n) is 2.12. The Morgan fingerprint density at radius 3 is 2.70 bits per heavy atom. The van der Waals surface area contributed by atoms with Crippen molar-refractivity contribution in [2.75, 3.05) is 0 Å². The highest BCUT2D eigenvalue weighted by Crippen LogP contribution is 2.28. The minimum atomic E-state index is 0.656. The van der Waals surface area contributed by atoms with Crippen LogP contribution in [-0.4, -0.2) is 4.98 Å². The van der Waals surface area contributed by atoms with Gasteiger partial charge in [0.15, 0.2) is 0 Å². The molecular weight excluding hydrogens is 289 g/mol. The molecule has 3 heteroatoms. The fourth-order valence-corrected chi connectivity index (χ4v) is 2.67. The molecule has 0 amide bonds. The molecule has 1 aromatic carbocycles. The van der Waals surface area contributed by atoms with E-state index in [4.69, 9.17) is 23.2 Å². The maximum Gasteiger partial charge on any atom is 0.0495 e. The van der Waals surface area contributed by atoms with Crippen molar-refractivity contribution in [2.24, 2.45) is 0 Å². The normalized spacial score (nSPS) is 10.5. The van der Waals surface area contributed by atoms with Crippen molar-refractivity contribution in [3.05, 3.63) is 70.5 Å². The van der Waals surface area contributed by atoms with Crippen molar-refractivity contribution >= 4 is 28.8 Å². The van der Waals surface area contributed by atoms with Gasteiger partial charge in [0, 0.05) is 22.4 Å². The van der Waals surface area contributed by atoms with Gasteiger partial charge in [0.05, 0.1) is 0 Å². The smallest absolute Gasteiger partial charge is 0.0495 e. The average molecular weight is 306 g/mol. The van der Waals surface area contributed by atoms with Crippen LogP contribution in [0.4, 0.5) is 0 Å². The first-order chi connectivity index (χ1) is 9.66. The summed E-state index contributed by atoms with van der Waals surface area (Å²) in [5.74, 6) is 0. The van der Waals surface area contributed by atoms with Gasteiger partial charge < -0.3 is 0 Å². The Labute approximate surface area is 130 Å². The van der Waals surface area contributed by atoms with E-state index >= 15 is 0 Å². The van der Waals surface area contributed by atoms with Gasteiger partial charge in [0.25, 0.3) is 0 Å². The zero-order chi connectivity index (χ0) is 14.4. The third kappa shape index (κ3) is 4.36. The van der Waals surface area contributed by atoms with Crippen LogP contribution < -0.4 is 0 Å². The lowest BCUT2D eigenvalue weighted by Gasteiger charge is -2.08. The molecule has 0 fully saturated rings. The van der Waals surface area contributed by atoms with Crippen LogP contribution in [0.15, 0.2) is 49.3 Å². The van der Waals surface area contributed by atoms with E-state index in [-0.39, 0.29) is 0 Å². The lowest BCUT2D eigenvalue weighted by atomic mass is 10.0. The largest absolute Gasteiger partial charge is 0.264 e. The van der Waals surface area contributed by atoms with Crippen LogP contribution in [0, 0.1) is 0 Å². The second kappa shape index (κ2) is 7.47. The van der Waals surface area contributed by atoms with Crippen LogP contribution in [0.3, 0.4) is 0 Å². The minimum absolute atomic E-state index is 0.656. The van der Waals surface area contributed by atoms with E-state index in [2.05, 4.69) is 17.6 Å². The van der Waals surface area contributed by atoms with Crippen molar-refractivity contribution in [3.8, 4) is 0 Å². The lowest BCUT2D eigenvalue weighted by Crippen LogP contribution is -1.89. The number of pyridine rings is 1. The number of hydrogen-bond acceptors (Lipinski definition) is 1. The summed E-state index contributed by atoms with van der Waals surface area (Å²) in [5, 5.41) is 1.33. The molecule has 0 unspecified atom stereocenters. The van der Waals surface area contributed by atoms with Gasteiger partial charge in [-0.3, -0.25) is 4.98 Å². The average Bonchev–Trinajstić information content (AvgIpc) is 2.44. The molecule has 0 atom stereocenters. The van der Waals surface area contributed by atoms with Crippen molar-refractivity contribution in [1.82, 2.24) is 4.98 Å². The third-order valence-electron chi connectivity index (χ3n) is 3.23. The van der Waals surface area contributed by atoms with Crippen LogP contribution in [-0.2, 0) is 6.42 Å². The Balaban J connectivity index is 1.80. The molecule has 0 radical (unpaired) electrons. The van der Waals surface area contributed by atoms with E-state index < -0.39 is 0 Å². The van der Waals surface area contributed by atoms with Crippen LogP contribution in [0.25, 0.3) is 5.57 Å². The van der Waals surface area contributed by atoms with Gasteiger partial charge in [-0.25, -0.2) is 0 Å². The summed E-state index contributed by atoms with van der Waals surface area (Å²) in [4.78, 5) is 4.12. The SMILES string of the molecule is C=C(CCCCc1cccnc1)c1ccc(Cl)cc1Cl. The standard InChI is InChI=1S/C17H17Cl2N/c1-13(16-9-8-15(18)11-17(16)19)5-2-3-6-14-7-4-10-20-12-14/h4,7-12H,1-3,5-6H2. The number of hydrogen-bond donors (Lipinski definition) is 0.